The maximum absolute atomic E-state index is 5.54. The van der Waals surface area contributed by atoms with Gasteiger partial charge in [-0.15, -0.1) is 0 Å². The highest BCUT2D eigenvalue weighted by atomic mass is 15.3. The molecular formula is C16H23N3. The molecule has 1 aromatic carbocycles. The maximum atomic E-state index is 5.54. The molecule has 1 heterocycles. The Morgan fingerprint density at radius 1 is 1.11 bits per heavy atom. The van der Waals surface area contributed by atoms with Gasteiger partial charge in [-0.3, -0.25) is 4.68 Å². The van der Waals surface area contributed by atoms with Crippen molar-refractivity contribution in [3.63, 3.8) is 0 Å². The van der Waals surface area contributed by atoms with Gasteiger partial charge in [-0.1, -0.05) is 45.0 Å². The molecule has 2 aromatic rings. The second-order valence-corrected chi connectivity index (χ2v) is 6.03. The summed E-state index contributed by atoms with van der Waals surface area (Å²) in [6, 6.07) is 8.79. The van der Waals surface area contributed by atoms with E-state index in [-0.39, 0.29) is 5.41 Å². The summed E-state index contributed by atoms with van der Waals surface area (Å²) in [6.45, 7) is 8.18. The van der Waals surface area contributed by atoms with Gasteiger partial charge in [0.25, 0.3) is 0 Å². The number of nitrogens with two attached hydrogens (primary N) is 1. The van der Waals surface area contributed by atoms with E-state index in [9.17, 15) is 0 Å². The van der Waals surface area contributed by atoms with Crippen LogP contribution in [0.5, 0.6) is 0 Å². The van der Waals surface area contributed by atoms with E-state index >= 15 is 0 Å². The van der Waals surface area contributed by atoms with Crippen molar-refractivity contribution < 1.29 is 0 Å². The Labute approximate surface area is 115 Å². The molecule has 3 heteroatoms. The summed E-state index contributed by atoms with van der Waals surface area (Å²) in [4.78, 5) is 0. The molecule has 0 aliphatic heterocycles. The lowest BCUT2D eigenvalue weighted by Crippen LogP contribution is -2.11. The molecule has 0 aliphatic carbocycles. The van der Waals surface area contributed by atoms with E-state index in [1.807, 2.05) is 10.9 Å². The van der Waals surface area contributed by atoms with Crippen molar-refractivity contribution in [3.05, 3.63) is 53.3 Å². The van der Waals surface area contributed by atoms with Crippen LogP contribution in [0, 0.1) is 0 Å². The van der Waals surface area contributed by atoms with Crippen molar-refractivity contribution in [2.24, 2.45) is 5.73 Å². The van der Waals surface area contributed by atoms with Crippen molar-refractivity contribution in [1.82, 2.24) is 9.78 Å². The summed E-state index contributed by atoms with van der Waals surface area (Å²) in [7, 11) is 0. The Morgan fingerprint density at radius 2 is 1.79 bits per heavy atom. The third kappa shape index (κ3) is 3.67. The molecule has 0 saturated carbocycles. The predicted octanol–water partition coefficient (Wildman–Crippen LogP) is 2.73. The van der Waals surface area contributed by atoms with Gasteiger partial charge < -0.3 is 5.73 Å². The topological polar surface area (TPSA) is 43.8 Å². The maximum Gasteiger partial charge on any atom is 0.0659 e. The first-order chi connectivity index (χ1) is 8.99. The lowest BCUT2D eigenvalue weighted by atomic mass is 9.87. The van der Waals surface area contributed by atoms with Crippen LogP contribution in [0.3, 0.4) is 0 Å². The van der Waals surface area contributed by atoms with Gasteiger partial charge in [0.1, 0.15) is 0 Å². The molecule has 0 atom stereocenters. The Bertz CT molecular complexity index is 518. The number of hydrogen-bond acceptors (Lipinski definition) is 2. The van der Waals surface area contributed by atoms with E-state index in [0.717, 1.165) is 13.0 Å². The standard InChI is InChI=1S/C16H23N3/c1-16(2,3)15-6-4-13(5-7-15)11-19-12-14(8-9-17)10-18-19/h4-7,10,12H,8-9,11,17H2,1-3H3. The molecule has 0 aliphatic rings. The number of rotatable bonds is 4. The molecule has 2 rings (SSSR count). The minimum atomic E-state index is 0.207. The molecular weight excluding hydrogens is 234 g/mol. The predicted molar refractivity (Wildman–Crippen MR) is 79.2 cm³/mol. The minimum Gasteiger partial charge on any atom is -0.330 e. The van der Waals surface area contributed by atoms with Crippen molar-refractivity contribution in [2.45, 2.75) is 39.2 Å². The van der Waals surface area contributed by atoms with Crippen molar-refractivity contribution in [1.29, 1.82) is 0 Å². The average molecular weight is 257 g/mol. The average Bonchev–Trinajstić information content (AvgIpc) is 2.77. The van der Waals surface area contributed by atoms with E-state index in [1.165, 1.54) is 16.7 Å². The quantitative estimate of drug-likeness (QED) is 0.915. The summed E-state index contributed by atoms with van der Waals surface area (Å²) in [6.07, 6.45) is 4.86. The molecule has 1 aromatic heterocycles. The largest absolute Gasteiger partial charge is 0.330 e. The summed E-state index contributed by atoms with van der Waals surface area (Å²) >= 11 is 0. The second kappa shape index (κ2) is 5.57. The summed E-state index contributed by atoms with van der Waals surface area (Å²) in [5, 5.41) is 4.36. The van der Waals surface area contributed by atoms with E-state index in [1.54, 1.807) is 0 Å². The zero-order valence-corrected chi connectivity index (χ0v) is 12.1. The molecule has 3 nitrogen and oxygen atoms in total. The highest BCUT2D eigenvalue weighted by Crippen LogP contribution is 2.22. The molecule has 0 fully saturated rings. The minimum absolute atomic E-state index is 0.207. The zero-order chi connectivity index (χ0) is 13.9. The van der Waals surface area contributed by atoms with E-state index in [4.69, 9.17) is 5.73 Å². The fourth-order valence-corrected chi connectivity index (χ4v) is 2.09. The lowest BCUT2D eigenvalue weighted by Gasteiger charge is -2.19. The summed E-state index contributed by atoms with van der Waals surface area (Å²) < 4.78 is 1.97. The first-order valence-electron chi connectivity index (χ1n) is 6.80. The number of hydrogen-bond donors (Lipinski definition) is 1. The van der Waals surface area contributed by atoms with Crippen LogP contribution in [-0.4, -0.2) is 16.3 Å². The number of nitrogens with zero attached hydrogens (tertiary/aromatic N) is 2. The fraction of sp³-hybridized carbons (Fsp3) is 0.438. The third-order valence-corrected chi connectivity index (χ3v) is 3.28. The molecule has 0 saturated heterocycles. The van der Waals surface area contributed by atoms with E-state index in [2.05, 4.69) is 56.3 Å². The van der Waals surface area contributed by atoms with E-state index < -0.39 is 0 Å². The molecule has 102 valence electrons. The van der Waals surface area contributed by atoms with Gasteiger partial charge in [0.2, 0.25) is 0 Å². The Balaban J connectivity index is 2.06. The van der Waals surface area contributed by atoms with Gasteiger partial charge in [0.05, 0.1) is 12.7 Å². The fourth-order valence-electron chi connectivity index (χ4n) is 2.09. The zero-order valence-electron chi connectivity index (χ0n) is 12.1. The van der Waals surface area contributed by atoms with Crippen LogP contribution in [0.25, 0.3) is 0 Å². The smallest absolute Gasteiger partial charge is 0.0659 e. The Kier molecular flexibility index (Phi) is 4.05. The monoisotopic (exact) mass is 257 g/mol. The highest BCUT2D eigenvalue weighted by molar-refractivity contribution is 5.27. The molecule has 0 amide bonds. The van der Waals surface area contributed by atoms with Gasteiger partial charge in [-0.25, -0.2) is 0 Å². The first-order valence-corrected chi connectivity index (χ1v) is 6.80. The van der Waals surface area contributed by atoms with Gasteiger partial charge in [-0.05, 0) is 35.1 Å². The van der Waals surface area contributed by atoms with Crippen molar-refractivity contribution >= 4 is 0 Å². The van der Waals surface area contributed by atoms with Crippen LogP contribution < -0.4 is 5.73 Å². The van der Waals surface area contributed by atoms with E-state index in [0.29, 0.717) is 6.54 Å². The van der Waals surface area contributed by atoms with Crippen LogP contribution >= 0.6 is 0 Å². The van der Waals surface area contributed by atoms with Crippen molar-refractivity contribution in [3.8, 4) is 0 Å². The van der Waals surface area contributed by atoms with Gasteiger partial charge in [-0.2, -0.15) is 5.10 Å². The summed E-state index contributed by atoms with van der Waals surface area (Å²) in [5.41, 5.74) is 9.59. The van der Waals surface area contributed by atoms with Crippen LogP contribution in [0.2, 0.25) is 0 Å². The normalized spacial score (nSPS) is 11.8. The van der Waals surface area contributed by atoms with Gasteiger partial charge in [0.15, 0.2) is 0 Å². The van der Waals surface area contributed by atoms with Crippen LogP contribution in [0.1, 0.15) is 37.5 Å². The van der Waals surface area contributed by atoms with Crippen LogP contribution in [0.4, 0.5) is 0 Å². The number of benzene rings is 1. The molecule has 19 heavy (non-hydrogen) atoms. The third-order valence-electron chi connectivity index (χ3n) is 3.28. The first kappa shape index (κ1) is 13.8. The Hall–Kier alpha value is -1.61. The van der Waals surface area contributed by atoms with Gasteiger partial charge in [0, 0.05) is 6.20 Å². The molecule has 2 N–H and O–H groups in total. The highest BCUT2D eigenvalue weighted by Gasteiger charge is 2.12. The molecule has 0 radical (unpaired) electrons. The molecule has 0 spiro atoms. The van der Waals surface area contributed by atoms with Gasteiger partial charge >= 0.3 is 0 Å². The molecule has 0 bridgehead atoms. The number of aromatic nitrogens is 2. The second-order valence-electron chi connectivity index (χ2n) is 6.03. The molecule has 0 unspecified atom stereocenters. The van der Waals surface area contributed by atoms with Crippen molar-refractivity contribution in [2.75, 3.05) is 6.54 Å². The summed E-state index contributed by atoms with van der Waals surface area (Å²) in [5.74, 6) is 0. The lowest BCUT2D eigenvalue weighted by molar-refractivity contribution is 0.589. The van der Waals surface area contributed by atoms with Crippen LogP contribution in [-0.2, 0) is 18.4 Å². The Morgan fingerprint density at radius 3 is 2.37 bits per heavy atom. The SMILES string of the molecule is CC(C)(C)c1ccc(Cn2cc(CCN)cn2)cc1. The van der Waals surface area contributed by atoms with Crippen LogP contribution in [0.15, 0.2) is 36.7 Å².